The lowest BCUT2D eigenvalue weighted by atomic mass is 10.3. The van der Waals surface area contributed by atoms with Gasteiger partial charge in [-0.15, -0.1) is 0 Å². The lowest BCUT2D eigenvalue weighted by molar-refractivity contribution is -0.385. The first kappa shape index (κ1) is 13.3. The Bertz CT molecular complexity index is 646. The van der Waals surface area contributed by atoms with Gasteiger partial charge >= 0.3 is 0 Å². The summed E-state index contributed by atoms with van der Waals surface area (Å²) >= 11 is 3.20. The fourth-order valence-electron chi connectivity index (χ4n) is 1.51. The van der Waals surface area contributed by atoms with E-state index in [-0.39, 0.29) is 5.69 Å². The van der Waals surface area contributed by atoms with E-state index in [0.717, 1.165) is 5.56 Å². The van der Waals surface area contributed by atoms with Crippen LogP contribution in [0.3, 0.4) is 0 Å². The van der Waals surface area contributed by atoms with Gasteiger partial charge < -0.3 is 10.5 Å². The van der Waals surface area contributed by atoms with Crippen molar-refractivity contribution in [2.45, 2.75) is 6.92 Å². The Morgan fingerprint density at radius 3 is 2.74 bits per heavy atom. The van der Waals surface area contributed by atoms with Crippen molar-refractivity contribution >= 4 is 27.3 Å². The largest absolute Gasteiger partial charge is 0.438 e. The maximum Gasteiger partial charge on any atom is 0.274 e. The molecule has 0 aliphatic carbocycles. The SMILES string of the molecule is Cc1cc(N)cnc1Oc1cc(Br)cc([N+](=O)[O-])c1. The van der Waals surface area contributed by atoms with E-state index < -0.39 is 4.92 Å². The highest BCUT2D eigenvalue weighted by Gasteiger charge is 2.11. The number of halogens is 1. The molecule has 0 atom stereocenters. The van der Waals surface area contributed by atoms with Crippen molar-refractivity contribution in [3.63, 3.8) is 0 Å². The van der Waals surface area contributed by atoms with Crippen molar-refractivity contribution in [1.29, 1.82) is 0 Å². The molecule has 2 aromatic rings. The molecule has 0 saturated heterocycles. The maximum atomic E-state index is 10.8. The third-order valence-electron chi connectivity index (χ3n) is 2.33. The van der Waals surface area contributed by atoms with Crippen LogP contribution in [0.1, 0.15) is 5.56 Å². The van der Waals surface area contributed by atoms with Crippen molar-refractivity contribution in [3.05, 3.63) is 50.6 Å². The predicted molar refractivity (Wildman–Crippen MR) is 74.3 cm³/mol. The van der Waals surface area contributed by atoms with Crippen LogP contribution in [0.5, 0.6) is 11.6 Å². The van der Waals surface area contributed by atoms with E-state index in [4.69, 9.17) is 10.5 Å². The van der Waals surface area contributed by atoms with Gasteiger partial charge in [0.05, 0.1) is 22.9 Å². The number of non-ortho nitro benzene ring substituents is 1. The zero-order chi connectivity index (χ0) is 14.0. The Labute approximate surface area is 117 Å². The van der Waals surface area contributed by atoms with Gasteiger partial charge in [-0.2, -0.15) is 0 Å². The summed E-state index contributed by atoms with van der Waals surface area (Å²) in [5.74, 6) is 0.697. The second kappa shape index (κ2) is 5.23. The predicted octanol–water partition coefficient (Wildman–Crippen LogP) is 3.44. The van der Waals surface area contributed by atoms with E-state index in [1.165, 1.54) is 18.3 Å². The van der Waals surface area contributed by atoms with E-state index in [2.05, 4.69) is 20.9 Å². The van der Waals surface area contributed by atoms with Crippen molar-refractivity contribution in [2.24, 2.45) is 0 Å². The Hall–Kier alpha value is -2.15. The van der Waals surface area contributed by atoms with E-state index >= 15 is 0 Å². The molecule has 0 aliphatic heterocycles. The van der Waals surface area contributed by atoms with Crippen LogP contribution in [0, 0.1) is 17.0 Å². The number of rotatable bonds is 3. The molecule has 98 valence electrons. The number of nitro groups is 1. The molecule has 0 unspecified atom stereocenters. The third-order valence-corrected chi connectivity index (χ3v) is 2.79. The van der Waals surface area contributed by atoms with Crippen LogP contribution >= 0.6 is 15.9 Å². The Balaban J connectivity index is 2.35. The normalized spacial score (nSPS) is 10.2. The summed E-state index contributed by atoms with van der Waals surface area (Å²) < 4.78 is 6.09. The molecule has 7 heteroatoms. The molecule has 0 saturated carbocycles. The highest BCUT2D eigenvalue weighted by Crippen LogP contribution is 2.30. The number of hydrogen-bond donors (Lipinski definition) is 1. The minimum absolute atomic E-state index is 0.0579. The molecule has 2 N–H and O–H groups in total. The zero-order valence-electron chi connectivity index (χ0n) is 9.96. The quantitative estimate of drug-likeness (QED) is 0.690. The van der Waals surface area contributed by atoms with E-state index in [0.29, 0.717) is 21.8 Å². The fourth-order valence-corrected chi connectivity index (χ4v) is 1.97. The minimum Gasteiger partial charge on any atom is -0.438 e. The van der Waals surface area contributed by atoms with Crippen LogP contribution in [0.25, 0.3) is 0 Å². The topological polar surface area (TPSA) is 91.3 Å². The monoisotopic (exact) mass is 323 g/mol. The molecule has 0 fully saturated rings. The Kier molecular flexibility index (Phi) is 3.66. The van der Waals surface area contributed by atoms with Crippen LogP contribution in [0.2, 0.25) is 0 Å². The summed E-state index contributed by atoms with van der Waals surface area (Å²) in [6.07, 6.45) is 1.47. The molecule has 0 amide bonds. The molecule has 19 heavy (non-hydrogen) atoms. The molecule has 0 radical (unpaired) electrons. The summed E-state index contributed by atoms with van der Waals surface area (Å²) in [5, 5.41) is 10.8. The van der Waals surface area contributed by atoms with Crippen molar-refractivity contribution in [2.75, 3.05) is 5.73 Å². The molecular weight excluding hydrogens is 314 g/mol. The number of ether oxygens (including phenoxy) is 1. The number of pyridine rings is 1. The summed E-state index contributed by atoms with van der Waals surface area (Å²) in [6.45, 7) is 1.80. The third kappa shape index (κ3) is 3.19. The highest BCUT2D eigenvalue weighted by molar-refractivity contribution is 9.10. The van der Waals surface area contributed by atoms with Gasteiger partial charge in [0.1, 0.15) is 5.75 Å². The number of aryl methyl sites for hydroxylation is 1. The lowest BCUT2D eigenvalue weighted by Crippen LogP contribution is -1.95. The maximum absolute atomic E-state index is 10.8. The number of nitrogen functional groups attached to an aromatic ring is 1. The Morgan fingerprint density at radius 1 is 1.37 bits per heavy atom. The molecule has 0 bridgehead atoms. The molecule has 1 heterocycles. The number of benzene rings is 1. The van der Waals surface area contributed by atoms with Crippen LogP contribution < -0.4 is 10.5 Å². The first-order valence-electron chi connectivity index (χ1n) is 5.30. The van der Waals surface area contributed by atoms with Gasteiger partial charge in [0, 0.05) is 16.1 Å². The minimum atomic E-state index is -0.485. The van der Waals surface area contributed by atoms with Crippen LogP contribution in [0.4, 0.5) is 11.4 Å². The number of nitro benzene ring substituents is 1. The zero-order valence-corrected chi connectivity index (χ0v) is 11.5. The number of nitrogens with zero attached hydrogens (tertiary/aromatic N) is 2. The van der Waals surface area contributed by atoms with Crippen molar-refractivity contribution in [3.8, 4) is 11.6 Å². The second-order valence-corrected chi connectivity index (χ2v) is 4.81. The van der Waals surface area contributed by atoms with Gasteiger partial charge in [-0.3, -0.25) is 10.1 Å². The van der Waals surface area contributed by atoms with Crippen LogP contribution in [-0.4, -0.2) is 9.91 Å². The average Bonchev–Trinajstić information content (AvgIpc) is 2.32. The number of aromatic nitrogens is 1. The summed E-state index contributed by atoms with van der Waals surface area (Å²) in [5.41, 5.74) is 6.82. The summed E-state index contributed by atoms with van der Waals surface area (Å²) in [4.78, 5) is 14.3. The first-order valence-corrected chi connectivity index (χ1v) is 6.10. The number of nitrogens with two attached hydrogens (primary N) is 1. The number of anilines is 1. The van der Waals surface area contributed by atoms with Gasteiger partial charge in [0.25, 0.3) is 5.69 Å². The Morgan fingerprint density at radius 2 is 2.11 bits per heavy atom. The van der Waals surface area contributed by atoms with Gasteiger partial charge in [-0.05, 0) is 19.1 Å². The summed E-state index contributed by atoms with van der Waals surface area (Å²) in [7, 11) is 0. The molecule has 6 nitrogen and oxygen atoms in total. The van der Waals surface area contributed by atoms with E-state index in [1.807, 2.05) is 0 Å². The molecule has 0 spiro atoms. The average molecular weight is 324 g/mol. The van der Waals surface area contributed by atoms with E-state index in [9.17, 15) is 10.1 Å². The van der Waals surface area contributed by atoms with Crippen molar-refractivity contribution in [1.82, 2.24) is 4.98 Å². The standard InChI is InChI=1S/C12H10BrN3O3/c1-7-2-9(14)6-15-12(7)19-11-4-8(13)3-10(5-11)16(17)18/h2-6H,14H2,1H3. The summed E-state index contributed by atoms with van der Waals surface area (Å²) in [6, 6.07) is 6.08. The molecule has 2 rings (SSSR count). The first-order chi connectivity index (χ1) is 8.95. The highest BCUT2D eigenvalue weighted by atomic mass is 79.9. The van der Waals surface area contributed by atoms with Crippen LogP contribution in [0.15, 0.2) is 34.9 Å². The van der Waals surface area contributed by atoms with Gasteiger partial charge in [-0.25, -0.2) is 4.98 Å². The van der Waals surface area contributed by atoms with Gasteiger partial charge in [0.15, 0.2) is 0 Å². The van der Waals surface area contributed by atoms with E-state index in [1.54, 1.807) is 19.1 Å². The van der Waals surface area contributed by atoms with Gasteiger partial charge in [-0.1, -0.05) is 15.9 Å². The smallest absolute Gasteiger partial charge is 0.274 e. The molecule has 1 aromatic heterocycles. The number of hydrogen-bond acceptors (Lipinski definition) is 5. The molecular formula is C12H10BrN3O3. The second-order valence-electron chi connectivity index (χ2n) is 3.90. The lowest BCUT2D eigenvalue weighted by Gasteiger charge is -2.08. The molecule has 0 aliphatic rings. The fraction of sp³-hybridized carbons (Fsp3) is 0.0833. The van der Waals surface area contributed by atoms with Gasteiger partial charge in [0.2, 0.25) is 5.88 Å². The van der Waals surface area contributed by atoms with Crippen LogP contribution in [-0.2, 0) is 0 Å². The molecule has 1 aromatic carbocycles. The van der Waals surface area contributed by atoms with Crippen molar-refractivity contribution < 1.29 is 9.66 Å².